The summed E-state index contributed by atoms with van der Waals surface area (Å²) in [7, 11) is 0. The molecule has 2 heterocycles. The maximum Gasteiger partial charge on any atom is 0.137 e. The van der Waals surface area contributed by atoms with Gasteiger partial charge in [0.1, 0.15) is 16.1 Å². The second kappa shape index (κ2) is 5.13. The van der Waals surface area contributed by atoms with Crippen molar-refractivity contribution in [2.75, 3.05) is 0 Å². The maximum atomic E-state index is 6.04. The fourth-order valence-corrected chi connectivity index (χ4v) is 2.80. The van der Waals surface area contributed by atoms with E-state index >= 15 is 0 Å². The van der Waals surface area contributed by atoms with Crippen molar-refractivity contribution in [1.82, 2.24) is 9.97 Å². The Morgan fingerprint density at radius 3 is 2.44 bits per heavy atom. The van der Waals surface area contributed by atoms with Crippen LogP contribution in [0.1, 0.15) is 23.2 Å². The van der Waals surface area contributed by atoms with Crippen molar-refractivity contribution >= 4 is 34.5 Å². The van der Waals surface area contributed by atoms with Crippen LogP contribution >= 0.6 is 34.5 Å². The SMILES string of the molecule is CCc1c(Cl)nc(Cc2cccs2)nc1Cl. The molecule has 0 bridgehead atoms. The van der Waals surface area contributed by atoms with Gasteiger partial charge in [-0.05, 0) is 17.9 Å². The molecule has 2 aromatic heterocycles. The number of aromatic nitrogens is 2. The Labute approximate surface area is 108 Å². The Balaban J connectivity index is 2.30. The summed E-state index contributed by atoms with van der Waals surface area (Å²) in [5, 5.41) is 2.96. The Kier molecular flexibility index (Phi) is 3.79. The van der Waals surface area contributed by atoms with Crippen LogP contribution in [0.25, 0.3) is 0 Å². The van der Waals surface area contributed by atoms with E-state index in [1.165, 1.54) is 4.88 Å². The van der Waals surface area contributed by atoms with Crippen molar-refractivity contribution in [3.8, 4) is 0 Å². The van der Waals surface area contributed by atoms with Crippen molar-refractivity contribution in [3.05, 3.63) is 44.1 Å². The molecule has 0 unspecified atom stereocenters. The van der Waals surface area contributed by atoms with Gasteiger partial charge < -0.3 is 0 Å². The van der Waals surface area contributed by atoms with E-state index in [2.05, 4.69) is 9.97 Å². The lowest BCUT2D eigenvalue weighted by atomic mass is 10.2. The molecule has 0 aromatic carbocycles. The van der Waals surface area contributed by atoms with Gasteiger partial charge in [0.2, 0.25) is 0 Å². The average molecular weight is 273 g/mol. The van der Waals surface area contributed by atoms with Gasteiger partial charge in [-0.3, -0.25) is 0 Å². The molecule has 2 rings (SSSR count). The van der Waals surface area contributed by atoms with E-state index in [1.54, 1.807) is 11.3 Å². The normalized spacial score (nSPS) is 10.7. The van der Waals surface area contributed by atoms with Crippen molar-refractivity contribution < 1.29 is 0 Å². The lowest BCUT2D eigenvalue weighted by Gasteiger charge is -2.05. The first-order chi connectivity index (χ1) is 7.70. The number of rotatable bonds is 3. The highest BCUT2D eigenvalue weighted by Gasteiger charge is 2.10. The molecule has 84 valence electrons. The molecule has 0 saturated heterocycles. The van der Waals surface area contributed by atoms with Crippen molar-refractivity contribution in [1.29, 1.82) is 0 Å². The molecule has 0 fully saturated rings. The third-order valence-corrected chi connectivity index (χ3v) is 3.72. The first-order valence-corrected chi connectivity index (χ1v) is 6.57. The second-order valence-corrected chi connectivity index (χ2v) is 5.06. The molecule has 2 nitrogen and oxygen atoms in total. The summed E-state index contributed by atoms with van der Waals surface area (Å²) < 4.78 is 0. The molecule has 16 heavy (non-hydrogen) atoms. The number of thiophene rings is 1. The summed E-state index contributed by atoms with van der Waals surface area (Å²) in [6.45, 7) is 1.98. The van der Waals surface area contributed by atoms with E-state index in [9.17, 15) is 0 Å². The van der Waals surface area contributed by atoms with Crippen LogP contribution in [0.2, 0.25) is 10.3 Å². The largest absolute Gasteiger partial charge is 0.220 e. The minimum atomic E-state index is 0.467. The lowest BCUT2D eigenvalue weighted by molar-refractivity contribution is 0.945. The topological polar surface area (TPSA) is 25.8 Å². The third kappa shape index (κ3) is 2.54. The van der Waals surface area contributed by atoms with Crippen LogP contribution in [0.4, 0.5) is 0 Å². The van der Waals surface area contributed by atoms with Crippen LogP contribution in [0.15, 0.2) is 17.5 Å². The molecule has 0 N–H and O–H groups in total. The van der Waals surface area contributed by atoms with E-state index in [-0.39, 0.29) is 0 Å². The summed E-state index contributed by atoms with van der Waals surface area (Å²) in [6, 6.07) is 4.05. The fraction of sp³-hybridized carbons (Fsp3) is 0.273. The monoisotopic (exact) mass is 272 g/mol. The minimum absolute atomic E-state index is 0.467. The summed E-state index contributed by atoms with van der Waals surface area (Å²) in [5.74, 6) is 0.676. The van der Waals surface area contributed by atoms with Crippen molar-refractivity contribution in [2.24, 2.45) is 0 Å². The zero-order valence-electron chi connectivity index (χ0n) is 8.70. The van der Waals surface area contributed by atoms with Gasteiger partial charge in [0.15, 0.2) is 0 Å². The van der Waals surface area contributed by atoms with Crippen molar-refractivity contribution in [3.63, 3.8) is 0 Å². The molecular formula is C11H10Cl2N2S. The second-order valence-electron chi connectivity index (χ2n) is 3.31. The molecule has 0 aliphatic rings. The number of halogens is 2. The lowest BCUT2D eigenvalue weighted by Crippen LogP contribution is -2.00. The Hall–Kier alpha value is -0.640. The molecule has 0 aliphatic heterocycles. The van der Waals surface area contributed by atoms with E-state index in [4.69, 9.17) is 23.2 Å². The summed E-state index contributed by atoms with van der Waals surface area (Å²) in [5.41, 5.74) is 0.818. The van der Waals surface area contributed by atoms with E-state index in [1.807, 2.05) is 24.4 Å². The predicted molar refractivity (Wildman–Crippen MR) is 68.6 cm³/mol. The summed E-state index contributed by atoms with van der Waals surface area (Å²) in [4.78, 5) is 9.72. The molecule has 2 aromatic rings. The average Bonchev–Trinajstić information content (AvgIpc) is 2.70. The van der Waals surface area contributed by atoms with Gasteiger partial charge in [0.05, 0.1) is 0 Å². The highest BCUT2D eigenvalue weighted by Crippen LogP contribution is 2.23. The highest BCUT2D eigenvalue weighted by atomic mass is 35.5. The Bertz CT molecular complexity index is 460. The Morgan fingerprint density at radius 1 is 1.25 bits per heavy atom. The zero-order chi connectivity index (χ0) is 11.5. The summed E-state index contributed by atoms with van der Waals surface area (Å²) in [6.07, 6.45) is 1.43. The molecule has 5 heteroatoms. The van der Waals surface area contributed by atoms with E-state index in [0.717, 1.165) is 12.0 Å². The number of hydrogen-bond donors (Lipinski definition) is 0. The molecular weight excluding hydrogens is 263 g/mol. The van der Waals surface area contributed by atoms with Crippen LogP contribution < -0.4 is 0 Å². The molecule has 0 atom stereocenters. The van der Waals surface area contributed by atoms with Gasteiger partial charge in [-0.1, -0.05) is 36.2 Å². The van der Waals surface area contributed by atoms with Gasteiger partial charge >= 0.3 is 0 Å². The van der Waals surface area contributed by atoms with Crippen LogP contribution in [0, 0.1) is 0 Å². The first-order valence-electron chi connectivity index (χ1n) is 4.94. The third-order valence-electron chi connectivity index (χ3n) is 2.22. The Morgan fingerprint density at radius 2 is 1.94 bits per heavy atom. The van der Waals surface area contributed by atoms with Crippen LogP contribution in [-0.4, -0.2) is 9.97 Å². The predicted octanol–water partition coefficient (Wildman–Crippen LogP) is 4.00. The highest BCUT2D eigenvalue weighted by molar-refractivity contribution is 7.09. The van der Waals surface area contributed by atoms with Gasteiger partial charge in [0, 0.05) is 16.9 Å². The molecule has 0 amide bonds. The smallest absolute Gasteiger partial charge is 0.137 e. The van der Waals surface area contributed by atoms with Gasteiger partial charge in [-0.25, -0.2) is 9.97 Å². The fourth-order valence-electron chi connectivity index (χ4n) is 1.41. The maximum absolute atomic E-state index is 6.04. The van der Waals surface area contributed by atoms with E-state index in [0.29, 0.717) is 22.6 Å². The summed E-state index contributed by atoms with van der Waals surface area (Å²) >= 11 is 13.8. The minimum Gasteiger partial charge on any atom is -0.220 e. The molecule has 0 aliphatic carbocycles. The van der Waals surface area contributed by atoms with Gasteiger partial charge in [-0.15, -0.1) is 11.3 Å². The molecule has 0 spiro atoms. The molecule has 0 saturated carbocycles. The van der Waals surface area contributed by atoms with Gasteiger partial charge in [-0.2, -0.15) is 0 Å². The van der Waals surface area contributed by atoms with E-state index < -0.39 is 0 Å². The standard InChI is InChI=1S/C11H10Cl2N2S/c1-2-8-10(12)14-9(15-11(8)13)6-7-4-3-5-16-7/h3-5H,2,6H2,1H3. The zero-order valence-corrected chi connectivity index (χ0v) is 11.0. The van der Waals surface area contributed by atoms with Crippen molar-refractivity contribution in [2.45, 2.75) is 19.8 Å². The quantitative estimate of drug-likeness (QED) is 0.790. The van der Waals surface area contributed by atoms with Crippen LogP contribution in [-0.2, 0) is 12.8 Å². The van der Waals surface area contributed by atoms with Crippen LogP contribution in [0.5, 0.6) is 0 Å². The number of hydrogen-bond acceptors (Lipinski definition) is 3. The van der Waals surface area contributed by atoms with Crippen LogP contribution in [0.3, 0.4) is 0 Å². The van der Waals surface area contributed by atoms with Gasteiger partial charge in [0.25, 0.3) is 0 Å². The first kappa shape index (κ1) is 11.8. The number of nitrogens with zero attached hydrogens (tertiary/aromatic N) is 2. The molecule has 0 radical (unpaired) electrons.